The number of nitrogens with zero attached hydrogens (tertiary/aromatic N) is 4. The Morgan fingerprint density at radius 2 is 1.93 bits per heavy atom. The Morgan fingerprint density at radius 1 is 1.23 bits per heavy atom. The molecular weight excluding hydrogens is 573 g/mol. The van der Waals surface area contributed by atoms with Gasteiger partial charge in [-0.05, 0) is 51.2 Å². The Labute approximate surface area is 244 Å². The Bertz CT molecular complexity index is 1450. The number of thioether (sulfide) groups is 1. The molecule has 1 unspecified atom stereocenters. The highest BCUT2D eigenvalue weighted by molar-refractivity contribution is 8.26. The van der Waals surface area contributed by atoms with E-state index in [1.165, 1.54) is 4.90 Å². The maximum atomic E-state index is 13.5. The summed E-state index contributed by atoms with van der Waals surface area (Å²) >= 11 is 6.60. The lowest BCUT2D eigenvalue weighted by Crippen LogP contribution is -2.41. The molecule has 0 spiro atoms. The Hall–Kier alpha value is -2.69. The predicted molar refractivity (Wildman–Crippen MR) is 159 cm³/mol. The summed E-state index contributed by atoms with van der Waals surface area (Å²) in [6.45, 7) is 7.22. The van der Waals surface area contributed by atoms with E-state index in [9.17, 15) is 28.1 Å². The molecule has 13 heteroatoms. The van der Waals surface area contributed by atoms with Crippen LogP contribution in [0.5, 0.6) is 0 Å². The lowest BCUT2D eigenvalue weighted by molar-refractivity contribution is -0.148. The average Bonchev–Trinajstić information content (AvgIpc) is 3.41. The number of esters is 1. The third kappa shape index (κ3) is 5.99. The highest BCUT2D eigenvalue weighted by atomic mass is 32.2. The summed E-state index contributed by atoms with van der Waals surface area (Å²) < 4.78 is 31.3. The number of hydrogen-bond donors (Lipinski definition) is 0. The summed E-state index contributed by atoms with van der Waals surface area (Å²) in [5.41, 5.74) is 0.694. The van der Waals surface area contributed by atoms with Gasteiger partial charge in [0.05, 0.1) is 35.0 Å². The molecule has 1 aromatic heterocycles. The lowest BCUT2D eigenvalue weighted by atomic mass is 9.95. The number of ether oxygens (including phenoxy) is 1. The van der Waals surface area contributed by atoms with Gasteiger partial charge in [-0.15, -0.1) is 0 Å². The molecule has 1 amide bonds. The molecule has 3 fully saturated rings. The van der Waals surface area contributed by atoms with Gasteiger partial charge in [-0.3, -0.25) is 23.9 Å². The quantitative estimate of drug-likeness (QED) is 0.247. The third-order valence-corrected chi connectivity index (χ3v) is 10.7. The van der Waals surface area contributed by atoms with Crippen molar-refractivity contribution in [3.8, 4) is 6.07 Å². The van der Waals surface area contributed by atoms with E-state index in [2.05, 4.69) is 11.0 Å². The smallest absolute Gasteiger partial charge is 0.309 e. The van der Waals surface area contributed by atoms with E-state index in [0.29, 0.717) is 71.7 Å². The highest BCUT2D eigenvalue weighted by Gasteiger charge is 2.42. The molecule has 0 saturated carbocycles. The topological polar surface area (TPSA) is 130 Å². The van der Waals surface area contributed by atoms with E-state index in [0.717, 1.165) is 24.6 Å². The van der Waals surface area contributed by atoms with Crippen LogP contribution in [-0.2, 0) is 30.7 Å². The van der Waals surface area contributed by atoms with Gasteiger partial charge in [-0.25, -0.2) is 8.42 Å². The van der Waals surface area contributed by atoms with Gasteiger partial charge in [0.2, 0.25) is 0 Å². The first-order valence-electron chi connectivity index (χ1n) is 13.6. The zero-order valence-corrected chi connectivity index (χ0v) is 25.4. The van der Waals surface area contributed by atoms with Gasteiger partial charge in [0.25, 0.3) is 11.5 Å². The molecule has 0 bridgehead atoms. The molecule has 0 N–H and O–H groups in total. The number of carbonyl (C=O) groups excluding carboxylic acids is 2. The fraction of sp³-hybridized carbons (Fsp3) is 0.593. The van der Waals surface area contributed by atoms with Gasteiger partial charge in [-0.2, -0.15) is 5.26 Å². The number of pyridine rings is 1. The number of carbonyl (C=O) groups is 2. The van der Waals surface area contributed by atoms with Crippen molar-refractivity contribution in [1.29, 1.82) is 5.26 Å². The maximum absolute atomic E-state index is 13.5. The van der Waals surface area contributed by atoms with Gasteiger partial charge < -0.3 is 9.64 Å². The van der Waals surface area contributed by atoms with E-state index < -0.39 is 15.9 Å². The maximum Gasteiger partial charge on any atom is 0.309 e. The van der Waals surface area contributed by atoms with Crippen molar-refractivity contribution in [2.45, 2.75) is 65.5 Å². The minimum absolute atomic E-state index is 0.0184. The molecule has 3 aliphatic rings. The van der Waals surface area contributed by atoms with E-state index >= 15 is 0 Å². The number of rotatable bonds is 8. The van der Waals surface area contributed by atoms with Crippen LogP contribution in [0.2, 0.25) is 0 Å². The normalized spacial score (nSPS) is 22.2. The summed E-state index contributed by atoms with van der Waals surface area (Å²) in [6.07, 6.45) is 4.69. The summed E-state index contributed by atoms with van der Waals surface area (Å²) in [5.74, 6) is -0.299. The number of hydrogen-bond acceptors (Lipinski definition) is 10. The molecule has 40 heavy (non-hydrogen) atoms. The summed E-state index contributed by atoms with van der Waals surface area (Å²) in [5, 5.41) is 9.90. The van der Waals surface area contributed by atoms with Crippen LogP contribution in [0.25, 0.3) is 6.08 Å². The van der Waals surface area contributed by atoms with Crippen molar-refractivity contribution in [3.63, 3.8) is 0 Å². The minimum atomic E-state index is -3.22. The second kappa shape index (κ2) is 12.4. The van der Waals surface area contributed by atoms with Crippen LogP contribution in [0.4, 0.5) is 5.82 Å². The molecule has 216 valence electrons. The third-order valence-electron chi connectivity index (χ3n) is 7.67. The van der Waals surface area contributed by atoms with Crippen LogP contribution in [-0.4, -0.2) is 71.3 Å². The molecule has 4 rings (SSSR count). The van der Waals surface area contributed by atoms with Crippen LogP contribution in [0.3, 0.4) is 0 Å². The number of aromatic nitrogens is 1. The van der Waals surface area contributed by atoms with E-state index in [1.54, 1.807) is 24.5 Å². The van der Waals surface area contributed by atoms with Gasteiger partial charge in [0, 0.05) is 25.2 Å². The molecular formula is C27H34N4O6S3. The summed E-state index contributed by atoms with van der Waals surface area (Å²) in [7, 11) is -3.22. The Kier molecular flexibility index (Phi) is 9.42. The van der Waals surface area contributed by atoms with Crippen molar-refractivity contribution >= 4 is 61.9 Å². The largest absolute Gasteiger partial charge is 0.466 e. The summed E-state index contributed by atoms with van der Waals surface area (Å²) in [6, 6.07) is 1.56. The molecule has 1 aromatic rings. The number of nitriles is 1. The molecule has 0 aliphatic carbocycles. The van der Waals surface area contributed by atoms with Gasteiger partial charge in [0.15, 0.2) is 9.84 Å². The molecule has 0 aromatic carbocycles. The SMILES string of the molecule is CCCCn1c(N2CCC(C(=O)OCC)CC2)c(C=C2SC(=S)N(C3CCS(=O)(=O)C3)C2=O)c(C)c(C#N)c1=O. The fourth-order valence-electron chi connectivity index (χ4n) is 5.50. The van der Waals surface area contributed by atoms with E-state index in [4.69, 9.17) is 17.0 Å². The highest BCUT2D eigenvalue weighted by Crippen LogP contribution is 2.39. The number of piperidine rings is 1. The van der Waals surface area contributed by atoms with Gasteiger partial charge in [-0.1, -0.05) is 37.3 Å². The number of amides is 1. The number of thiocarbonyl (C=S) groups is 1. The Balaban J connectivity index is 1.78. The van der Waals surface area contributed by atoms with Gasteiger partial charge in [0.1, 0.15) is 21.8 Å². The zero-order chi connectivity index (χ0) is 29.2. The molecule has 4 heterocycles. The molecule has 10 nitrogen and oxygen atoms in total. The van der Waals surface area contributed by atoms with Gasteiger partial charge >= 0.3 is 5.97 Å². The van der Waals surface area contributed by atoms with Crippen molar-refractivity contribution in [3.05, 3.63) is 31.9 Å². The van der Waals surface area contributed by atoms with Crippen LogP contribution < -0.4 is 10.5 Å². The van der Waals surface area contributed by atoms with Crippen molar-refractivity contribution in [1.82, 2.24) is 9.47 Å². The van der Waals surface area contributed by atoms with Crippen LogP contribution >= 0.6 is 24.0 Å². The number of sulfone groups is 1. The number of unbranched alkanes of at least 4 members (excludes halogenated alkanes) is 1. The second-order valence-corrected chi connectivity index (χ2v) is 14.2. The first-order valence-corrected chi connectivity index (χ1v) is 16.6. The molecule has 0 radical (unpaired) electrons. The van der Waals surface area contributed by atoms with Crippen molar-refractivity contribution < 1.29 is 22.7 Å². The average molecular weight is 607 g/mol. The standard InChI is InChI=1S/C27H34N4O6S3/c1-4-6-10-30-23(29-11-7-18(8-12-29)26(34)37-5-2)20(17(3)21(15-28)24(30)32)14-22-25(33)31(27(38)39-22)19-9-13-40(35,36)16-19/h14,18-19H,4-13,16H2,1-3H3. The minimum Gasteiger partial charge on any atom is -0.466 e. The molecule has 1 atom stereocenters. The van der Waals surface area contributed by atoms with E-state index in [1.807, 2.05) is 6.92 Å². The molecule has 3 aliphatic heterocycles. The Morgan fingerprint density at radius 3 is 2.50 bits per heavy atom. The van der Waals surface area contributed by atoms with Crippen LogP contribution in [0.1, 0.15) is 62.6 Å². The molecule has 3 saturated heterocycles. The second-order valence-electron chi connectivity index (χ2n) is 10.3. The first kappa shape index (κ1) is 30.3. The van der Waals surface area contributed by atoms with Crippen molar-refractivity contribution in [2.75, 3.05) is 36.1 Å². The fourth-order valence-corrected chi connectivity index (χ4v) is 8.58. The van der Waals surface area contributed by atoms with Crippen LogP contribution in [0, 0.1) is 24.2 Å². The van der Waals surface area contributed by atoms with E-state index in [-0.39, 0.29) is 40.4 Å². The first-order chi connectivity index (χ1) is 19.0. The van der Waals surface area contributed by atoms with Crippen molar-refractivity contribution in [2.24, 2.45) is 5.92 Å². The number of anilines is 1. The monoisotopic (exact) mass is 606 g/mol. The predicted octanol–water partition coefficient (Wildman–Crippen LogP) is 3.00. The lowest BCUT2D eigenvalue weighted by Gasteiger charge is -2.35. The summed E-state index contributed by atoms with van der Waals surface area (Å²) in [4.78, 5) is 43.2. The van der Waals surface area contributed by atoms with Crippen LogP contribution in [0.15, 0.2) is 9.70 Å². The zero-order valence-electron chi connectivity index (χ0n) is 23.0.